The van der Waals surface area contributed by atoms with Gasteiger partial charge in [0, 0.05) is 23.6 Å². The highest BCUT2D eigenvalue weighted by Crippen LogP contribution is 2.40. The number of ether oxygens (including phenoxy) is 2. The molecular formula is C18H16Cl2N6O4S2. The lowest BCUT2D eigenvalue weighted by Crippen LogP contribution is -2.55. The van der Waals surface area contributed by atoms with Gasteiger partial charge in [0.2, 0.25) is 0 Å². The van der Waals surface area contributed by atoms with E-state index in [0.717, 1.165) is 11.8 Å². The van der Waals surface area contributed by atoms with Crippen molar-refractivity contribution in [2.75, 3.05) is 13.7 Å². The summed E-state index contributed by atoms with van der Waals surface area (Å²) in [6, 6.07) is 2.86. The molecule has 0 amide bonds. The maximum Gasteiger partial charge on any atom is 0.184 e. The standard InChI is InChI=1S/C18H16Cl2N6O4S2/c1-29-16-14(26-5-10(24-25-26)11-7-31-18(20)23-11)15(28)12(6-27)30-17(16)32-13-2-8(19)4-22-9(13)3-21/h2,4-5,7,12,14-17,27-28H,6H2,1H3. The summed E-state index contributed by atoms with van der Waals surface area (Å²) in [5.74, 6) is 0. The quantitative estimate of drug-likeness (QED) is 0.503. The van der Waals surface area contributed by atoms with Crippen LogP contribution < -0.4 is 0 Å². The van der Waals surface area contributed by atoms with Crippen LogP contribution in [0.15, 0.2) is 28.7 Å². The molecule has 168 valence electrons. The Morgan fingerprint density at radius 3 is 2.88 bits per heavy atom. The fourth-order valence-corrected chi connectivity index (χ4v) is 5.58. The third-order valence-corrected chi connectivity index (χ3v) is 7.18. The van der Waals surface area contributed by atoms with Gasteiger partial charge >= 0.3 is 0 Å². The first-order chi connectivity index (χ1) is 15.4. The zero-order valence-electron chi connectivity index (χ0n) is 16.4. The van der Waals surface area contributed by atoms with Gasteiger partial charge in [0.1, 0.15) is 47.2 Å². The number of thiazole rings is 1. The molecule has 4 rings (SSSR count). The number of aromatic nitrogens is 5. The average Bonchev–Trinajstić information content (AvgIpc) is 3.43. The normalized spacial score (nSPS) is 25.6. The predicted octanol–water partition coefficient (Wildman–Crippen LogP) is 2.40. The van der Waals surface area contributed by atoms with E-state index in [1.807, 2.05) is 6.07 Å². The minimum Gasteiger partial charge on any atom is -0.394 e. The molecule has 1 aliphatic heterocycles. The van der Waals surface area contributed by atoms with Crippen LogP contribution in [-0.4, -0.2) is 72.6 Å². The summed E-state index contributed by atoms with van der Waals surface area (Å²) in [5.41, 5.74) is 0.469. The number of hydrogen-bond acceptors (Lipinski definition) is 11. The third-order valence-electron chi connectivity index (χ3n) is 4.82. The molecule has 2 N–H and O–H groups in total. The van der Waals surface area contributed by atoms with Gasteiger partial charge in [0.25, 0.3) is 0 Å². The van der Waals surface area contributed by atoms with E-state index in [4.69, 9.17) is 32.7 Å². The number of methoxy groups -OCH3 is 1. The number of rotatable bonds is 6. The topological polar surface area (TPSA) is 139 Å². The van der Waals surface area contributed by atoms with Crippen LogP contribution >= 0.6 is 46.3 Å². The highest BCUT2D eigenvalue weighted by molar-refractivity contribution is 7.99. The summed E-state index contributed by atoms with van der Waals surface area (Å²) in [7, 11) is 1.47. The van der Waals surface area contributed by atoms with Gasteiger partial charge in [-0.05, 0) is 6.07 Å². The Labute approximate surface area is 200 Å². The maximum absolute atomic E-state index is 10.9. The molecule has 0 aromatic carbocycles. The van der Waals surface area contributed by atoms with Gasteiger partial charge < -0.3 is 19.7 Å². The number of thioether (sulfide) groups is 1. The molecule has 32 heavy (non-hydrogen) atoms. The second kappa shape index (κ2) is 9.98. The van der Waals surface area contributed by atoms with E-state index in [9.17, 15) is 15.5 Å². The van der Waals surface area contributed by atoms with Crippen LogP contribution in [0.2, 0.25) is 9.49 Å². The van der Waals surface area contributed by atoms with Crippen molar-refractivity contribution in [2.45, 2.75) is 34.7 Å². The van der Waals surface area contributed by atoms with Crippen molar-refractivity contribution in [2.24, 2.45) is 0 Å². The Hall–Kier alpha value is -1.82. The molecule has 0 radical (unpaired) electrons. The smallest absolute Gasteiger partial charge is 0.184 e. The van der Waals surface area contributed by atoms with Crippen molar-refractivity contribution in [3.05, 3.63) is 39.0 Å². The van der Waals surface area contributed by atoms with Crippen LogP contribution in [-0.2, 0) is 9.47 Å². The molecule has 0 aliphatic carbocycles. The molecule has 10 nitrogen and oxygen atoms in total. The van der Waals surface area contributed by atoms with Crippen LogP contribution in [0.25, 0.3) is 11.4 Å². The van der Waals surface area contributed by atoms with Gasteiger partial charge in [0.05, 0.1) is 17.8 Å². The molecule has 0 saturated carbocycles. The molecule has 1 aliphatic rings. The van der Waals surface area contributed by atoms with E-state index in [2.05, 4.69) is 20.3 Å². The minimum atomic E-state index is -1.15. The Morgan fingerprint density at radius 1 is 1.41 bits per heavy atom. The summed E-state index contributed by atoms with van der Waals surface area (Å²) in [6.07, 6.45) is 0.196. The lowest BCUT2D eigenvalue weighted by atomic mass is 9.97. The van der Waals surface area contributed by atoms with Crippen molar-refractivity contribution in [3.63, 3.8) is 0 Å². The Bertz CT molecular complexity index is 1140. The highest BCUT2D eigenvalue weighted by Gasteiger charge is 2.47. The number of pyridine rings is 1. The van der Waals surface area contributed by atoms with Crippen LogP contribution in [0.1, 0.15) is 11.7 Å². The van der Waals surface area contributed by atoms with Gasteiger partial charge in [-0.3, -0.25) is 0 Å². The van der Waals surface area contributed by atoms with Gasteiger partial charge in [-0.15, -0.1) is 16.4 Å². The first-order valence-electron chi connectivity index (χ1n) is 9.17. The number of aliphatic hydroxyl groups is 2. The SMILES string of the molecule is COC1C(Sc2cc(Cl)cnc2C#N)OC(CO)C(O)C1n1cc(-c2csc(Cl)n2)nn1. The average molecular weight is 515 g/mol. The van der Waals surface area contributed by atoms with E-state index >= 15 is 0 Å². The number of nitriles is 1. The molecule has 5 atom stereocenters. The molecule has 3 aromatic heterocycles. The van der Waals surface area contributed by atoms with Gasteiger partial charge in [-0.1, -0.05) is 40.2 Å². The first kappa shape index (κ1) is 23.3. The lowest BCUT2D eigenvalue weighted by Gasteiger charge is -2.43. The second-order valence-electron chi connectivity index (χ2n) is 6.71. The van der Waals surface area contributed by atoms with E-state index in [0.29, 0.717) is 25.8 Å². The van der Waals surface area contributed by atoms with Crippen LogP contribution in [0.3, 0.4) is 0 Å². The molecule has 5 unspecified atom stereocenters. The molecule has 4 heterocycles. The summed E-state index contributed by atoms with van der Waals surface area (Å²) in [5, 5.41) is 40.5. The van der Waals surface area contributed by atoms with Crippen LogP contribution in [0.5, 0.6) is 0 Å². The molecule has 3 aromatic rings. The summed E-state index contributed by atoms with van der Waals surface area (Å²) < 4.78 is 13.4. The Morgan fingerprint density at radius 2 is 2.22 bits per heavy atom. The fourth-order valence-electron chi connectivity index (χ4n) is 3.34. The summed E-state index contributed by atoms with van der Waals surface area (Å²) in [6.45, 7) is -0.437. The number of hydrogen-bond donors (Lipinski definition) is 2. The lowest BCUT2D eigenvalue weighted by molar-refractivity contribution is -0.186. The van der Waals surface area contributed by atoms with Crippen LogP contribution in [0.4, 0.5) is 0 Å². The van der Waals surface area contributed by atoms with Crippen molar-refractivity contribution in [1.82, 2.24) is 25.0 Å². The molecule has 14 heteroatoms. The predicted molar refractivity (Wildman–Crippen MR) is 118 cm³/mol. The zero-order chi connectivity index (χ0) is 22.8. The largest absolute Gasteiger partial charge is 0.394 e. The zero-order valence-corrected chi connectivity index (χ0v) is 19.5. The van der Waals surface area contributed by atoms with Gasteiger partial charge in [-0.25, -0.2) is 14.6 Å². The van der Waals surface area contributed by atoms with E-state index in [1.54, 1.807) is 17.6 Å². The number of aliphatic hydroxyl groups excluding tert-OH is 2. The van der Waals surface area contributed by atoms with Crippen LogP contribution in [0, 0.1) is 11.3 Å². The Balaban J connectivity index is 1.68. The second-order valence-corrected chi connectivity index (χ2v) is 9.72. The molecule has 0 bridgehead atoms. The Kier molecular flexibility index (Phi) is 7.28. The third kappa shape index (κ3) is 4.61. The number of nitrogens with zero attached hydrogens (tertiary/aromatic N) is 6. The van der Waals surface area contributed by atoms with E-state index < -0.39 is 36.4 Å². The van der Waals surface area contributed by atoms with E-state index in [1.165, 1.54) is 29.3 Å². The first-order valence-corrected chi connectivity index (χ1v) is 11.7. The van der Waals surface area contributed by atoms with Gasteiger partial charge in [0.15, 0.2) is 10.2 Å². The number of halogens is 2. The molecular weight excluding hydrogens is 499 g/mol. The van der Waals surface area contributed by atoms with Crippen molar-refractivity contribution in [1.29, 1.82) is 5.26 Å². The molecule has 0 spiro atoms. The van der Waals surface area contributed by atoms with Crippen molar-refractivity contribution in [3.8, 4) is 17.5 Å². The van der Waals surface area contributed by atoms with Crippen molar-refractivity contribution >= 4 is 46.3 Å². The monoisotopic (exact) mass is 514 g/mol. The van der Waals surface area contributed by atoms with Crippen molar-refractivity contribution < 1.29 is 19.7 Å². The maximum atomic E-state index is 10.9. The summed E-state index contributed by atoms with van der Waals surface area (Å²) in [4.78, 5) is 8.69. The van der Waals surface area contributed by atoms with Gasteiger partial charge in [-0.2, -0.15) is 5.26 Å². The fraction of sp³-hybridized carbons (Fsp3) is 0.389. The molecule has 1 fully saturated rings. The summed E-state index contributed by atoms with van der Waals surface area (Å²) >= 11 is 14.4. The van der Waals surface area contributed by atoms with E-state index in [-0.39, 0.29) is 5.69 Å². The minimum absolute atomic E-state index is 0.171. The molecule has 1 saturated heterocycles. The highest BCUT2D eigenvalue weighted by atomic mass is 35.5.